The molecule has 0 spiro atoms. The largest absolute Gasteiger partial charge is 0.364 e. The smallest absolute Gasteiger partial charge is 0.134 e. The highest BCUT2D eigenvalue weighted by molar-refractivity contribution is 5.94. The van der Waals surface area contributed by atoms with E-state index in [1.165, 1.54) is 10.9 Å². The third-order valence-electron chi connectivity index (χ3n) is 3.50. The molecule has 21 heavy (non-hydrogen) atoms. The third-order valence-corrected chi connectivity index (χ3v) is 3.50. The van der Waals surface area contributed by atoms with Crippen LogP contribution in [0.3, 0.4) is 0 Å². The Morgan fingerprint density at radius 3 is 2.52 bits per heavy atom. The zero-order valence-electron chi connectivity index (χ0n) is 12.5. The van der Waals surface area contributed by atoms with Crippen molar-refractivity contribution in [3.8, 4) is 0 Å². The number of pyridine rings is 1. The first-order chi connectivity index (χ1) is 10.1. The zero-order valence-corrected chi connectivity index (χ0v) is 12.5. The van der Waals surface area contributed by atoms with Crippen molar-refractivity contribution >= 4 is 16.6 Å². The van der Waals surface area contributed by atoms with Gasteiger partial charge in [0.15, 0.2) is 0 Å². The van der Waals surface area contributed by atoms with Crippen molar-refractivity contribution in [2.45, 2.75) is 32.7 Å². The van der Waals surface area contributed by atoms with Crippen LogP contribution in [0.25, 0.3) is 10.8 Å². The number of benzene rings is 1. The fourth-order valence-electron chi connectivity index (χ4n) is 2.42. The SMILES string of the molecule is CC(C)(C)c1cnc(NCc2cn[nH]n2)c2ccccc12. The fourth-order valence-corrected chi connectivity index (χ4v) is 2.42. The second-order valence-electron chi connectivity index (χ2n) is 6.13. The van der Waals surface area contributed by atoms with Crippen LogP contribution in [0.4, 0.5) is 5.82 Å². The van der Waals surface area contributed by atoms with Crippen molar-refractivity contribution in [2.75, 3.05) is 5.32 Å². The maximum atomic E-state index is 4.60. The molecule has 0 unspecified atom stereocenters. The second-order valence-corrected chi connectivity index (χ2v) is 6.13. The van der Waals surface area contributed by atoms with Gasteiger partial charge in [-0.05, 0) is 16.4 Å². The topological polar surface area (TPSA) is 66.5 Å². The van der Waals surface area contributed by atoms with E-state index in [0.29, 0.717) is 6.54 Å². The van der Waals surface area contributed by atoms with E-state index in [4.69, 9.17) is 0 Å². The Labute approximate surface area is 123 Å². The standard InChI is InChI=1S/C16H19N5/c1-16(2,3)14-10-18-15(13-7-5-4-6-12(13)14)17-8-11-9-19-21-20-11/h4-7,9-10H,8H2,1-3H3,(H,17,18)(H,19,20,21). The summed E-state index contributed by atoms with van der Waals surface area (Å²) in [7, 11) is 0. The third kappa shape index (κ3) is 2.72. The monoisotopic (exact) mass is 281 g/mol. The van der Waals surface area contributed by atoms with Crippen LogP contribution in [-0.2, 0) is 12.0 Å². The minimum atomic E-state index is 0.0667. The molecule has 0 saturated heterocycles. The Bertz CT molecular complexity index is 741. The first-order valence-corrected chi connectivity index (χ1v) is 7.02. The molecular formula is C16H19N5. The van der Waals surface area contributed by atoms with E-state index in [-0.39, 0.29) is 5.41 Å². The molecule has 3 rings (SSSR count). The number of rotatable bonds is 3. The highest BCUT2D eigenvalue weighted by Gasteiger charge is 2.18. The van der Waals surface area contributed by atoms with E-state index >= 15 is 0 Å². The van der Waals surface area contributed by atoms with Crippen LogP contribution in [0, 0.1) is 0 Å². The first kappa shape index (κ1) is 13.5. The first-order valence-electron chi connectivity index (χ1n) is 7.02. The van der Waals surface area contributed by atoms with Gasteiger partial charge in [-0.3, -0.25) is 0 Å². The average molecular weight is 281 g/mol. The molecule has 5 heteroatoms. The quantitative estimate of drug-likeness (QED) is 0.773. The van der Waals surface area contributed by atoms with Gasteiger partial charge in [-0.2, -0.15) is 15.4 Å². The predicted molar refractivity (Wildman–Crippen MR) is 84.2 cm³/mol. The van der Waals surface area contributed by atoms with Crippen molar-refractivity contribution in [3.63, 3.8) is 0 Å². The number of fused-ring (bicyclic) bond motifs is 1. The Kier molecular flexibility index (Phi) is 3.33. The molecule has 0 atom stereocenters. The summed E-state index contributed by atoms with van der Waals surface area (Å²) in [6, 6.07) is 8.36. The van der Waals surface area contributed by atoms with E-state index in [9.17, 15) is 0 Å². The molecule has 0 saturated carbocycles. The lowest BCUT2D eigenvalue weighted by Gasteiger charge is -2.22. The number of hydrogen-bond acceptors (Lipinski definition) is 4. The Hall–Kier alpha value is -2.43. The van der Waals surface area contributed by atoms with Gasteiger partial charge < -0.3 is 5.32 Å². The summed E-state index contributed by atoms with van der Waals surface area (Å²) >= 11 is 0. The number of H-pyrrole nitrogens is 1. The van der Waals surface area contributed by atoms with Crippen LogP contribution in [-0.4, -0.2) is 20.4 Å². The van der Waals surface area contributed by atoms with E-state index in [2.05, 4.69) is 64.7 Å². The van der Waals surface area contributed by atoms with Gasteiger partial charge in [0.2, 0.25) is 0 Å². The molecule has 0 aliphatic rings. The fraction of sp³-hybridized carbons (Fsp3) is 0.312. The normalized spacial score (nSPS) is 11.8. The molecule has 0 aliphatic carbocycles. The summed E-state index contributed by atoms with van der Waals surface area (Å²) in [6.45, 7) is 7.22. The minimum absolute atomic E-state index is 0.0667. The lowest BCUT2D eigenvalue weighted by atomic mass is 9.85. The molecular weight excluding hydrogens is 262 g/mol. The zero-order chi connectivity index (χ0) is 14.9. The second kappa shape index (κ2) is 5.16. The molecule has 0 aliphatic heterocycles. The summed E-state index contributed by atoms with van der Waals surface area (Å²) in [5, 5.41) is 16.2. The summed E-state index contributed by atoms with van der Waals surface area (Å²) in [4.78, 5) is 4.60. The van der Waals surface area contributed by atoms with Crippen LogP contribution in [0.1, 0.15) is 32.0 Å². The van der Waals surface area contributed by atoms with Gasteiger partial charge >= 0.3 is 0 Å². The molecule has 0 fully saturated rings. The summed E-state index contributed by atoms with van der Waals surface area (Å²) in [5.41, 5.74) is 2.18. The summed E-state index contributed by atoms with van der Waals surface area (Å²) in [5.74, 6) is 0.876. The van der Waals surface area contributed by atoms with Gasteiger partial charge in [0.1, 0.15) is 11.5 Å². The highest BCUT2D eigenvalue weighted by atomic mass is 15.3. The maximum absolute atomic E-state index is 4.60. The molecule has 0 bridgehead atoms. The van der Waals surface area contributed by atoms with Crippen molar-refractivity contribution in [1.29, 1.82) is 0 Å². The molecule has 0 amide bonds. The van der Waals surface area contributed by atoms with Crippen molar-refractivity contribution in [3.05, 3.63) is 47.9 Å². The van der Waals surface area contributed by atoms with Gasteiger partial charge in [0, 0.05) is 11.6 Å². The molecule has 5 nitrogen and oxygen atoms in total. The Balaban J connectivity index is 2.01. The highest BCUT2D eigenvalue weighted by Crippen LogP contribution is 2.32. The van der Waals surface area contributed by atoms with Crippen LogP contribution in [0.15, 0.2) is 36.7 Å². The number of aromatic amines is 1. The van der Waals surface area contributed by atoms with Gasteiger partial charge in [-0.15, -0.1) is 0 Å². The Morgan fingerprint density at radius 1 is 1.10 bits per heavy atom. The van der Waals surface area contributed by atoms with Crippen molar-refractivity contribution < 1.29 is 0 Å². The van der Waals surface area contributed by atoms with Crippen LogP contribution >= 0.6 is 0 Å². The van der Waals surface area contributed by atoms with Crippen LogP contribution in [0.2, 0.25) is 0 Å². The van der Waals surface area contributed by atoms with E-state index < -0.39 is 0 Å². The Morgan fingerprint density at radius 2 is 1.86 bits per heavy atom. The van der Waals surface area contributed by atoms with Gasteiger partial charge in [0.05, 0.1) is 12.7 Å². The lowest BCUT2D eigenvalue weighted by molar-refractivity contribution is 0.593. The van der Waals surface area contributed by atoms with Gasteiger partial charge in [-0.1, -0.05) is 45.0 Å². The summed E-state index contributed by atoms with van der Waals surface area (Å²) < 4.78 is 0. The van der Waals surface area contributed by atoms with E-state index in [0.717, 1.165) is 16.9 Å². The molecule has 2 aromatic heterocycles. The minimum Gasteiger partial charge on any atom is -0.364 e. The molecule has 108 valence electrons. The molecule has 1 aromatic carbocycles. The van der Waals surface area contributed by atoms with Crippen molar-refractivity contribution in [1.82, 2.24) is 20.4 Å². The maximum Gasteiger partial charge on any atom is 0.134 e. The average Bonchev–Trinajstić information content (AvgIpc) is 2.96. The van der Waals surface area contributed by atoms with E-state index in [1.54, 1.807) is 6.20 Å². The van der Waals surface area contributed by atoms with Gasteiger partial charge in [-0.25, -0.2) is 4.98 Å². The molecule has 2 N–H and O–H groups in total. The number of aromatic nitrogens is 4. The number of hydrogen-bond donors (Lipinski definition) is 2. The number of anilines is 1. The molecule has 3 aromatic rings. The number of nitrogens with zero attached hydrogens (tertiary/aromatic N) is 3. The van der Waals surface area contributed by atoms with Crippen molar-refractivity contribution in [2.24, 2.45) is 0 Å². The lowest BCUT2D eigenvalue weighted by Crippen LogP contribution is -2.13. The van der Waals surface area contributed by atoms with Crippen LogP contribution in [0.5, 0.6) is 0 Å². The van der Waals surface area contributed by atoms with Crippen LogP contribution < -0.4 is 5.32 Å². The number of nitrogens with one attached hydrogen (secondary N) is 2. The van der Waals surface area contributed by atoms with E-state index in [1.807, 2.05) is 12.3 Å². The molecule has 0 radical (unpaired) electrons. The summed E-state index contributed by atoms with van der Waals surface area (Å²) in [6.07, 6.45) is 3.67. The van der Waals surface area contributed by atoms with Gasteiger partial charge in [0.25, 0.3) is 0 Å². The predicted octanol–water partition coefficient (Wildman–Crippen LogP) is 3.26. The molecule has 2 heterocycles.